The highest BCUT2D eigenvalue weighted by atomic mass is 16.2. The van der Waals surface area contributed by atoms with Gasteiger partial charge in [-0.25, -0.2) is 5.43 Å². The van der Waals surface area contributed by atoms with Gasteiger partial charge in [-0.15, -0.1) is 0 Å². The lowest BCUT2D eigenvalue weighted by atomic mass is 9.98. The van der Waals surface area contributed by atoms with Crippen LogP contribution in [0.5, 0.6) is 0 Å². The Labute approximate surface area is 125 Å². The smallest absolute Gasteiger partial charge is 0.262 e. The lowest BCUT2D eigenvalue weighted by Crippen LogP contribution is -2.25. The van der Waals surface area contributed by atoms with Crippen molar-refractivity contribution < 1.29 is 4.79 Å². The summed E-state index contributed by atoms with van der Waals surface area (Å²) < 4.78 is 0. The van der Waals surface area contributed by atoms with Crippen molar-refractivity contribution in [3.05, 3.63) is 53.1 Å². The molecule has 1 aliphatic heterocycles. The second-order valence-electron chi connectivity index (χ2n) is 5.48. The number of carbonyl (C=O) groups is 1. The van der Waals surface area contributed by atoms with Gasteiger partial charge in [-0.2, -0.15) is 0 Å². The number of fused-ring (bicyclic) bond motifs is 1. The zero-order valence-electron chi connectivity index (χ0n) is 12.3. The van der Waals surface area contributed by atoms with Crippen LogP contribution in [-0.4, -0.2) is 12.5 Å². The highest BCUT2D eigenvalue weighted by Crippen LogP contribution is 2.23. The Bertz CT molecular complexity index is 703. The van der Waals surface area contributed by atoms with E-state index in [1.165, 1.54) is 29.2 Å². The van der Waals surface area contributed by atoms with Crippen molar-refractivity contribution in [2.75, 3.05) is 6.54 Å². The van der Waals surface area contributed by atoms with Crippen molar-refractivity contribution >= 4 is 22.8 Å². The van der Waals surface area contributed by atoms with E-state index in [1.807, 2.05) is 6.08 Å². The van der Waals surface area contributed by atoms with Gasteiger partial charge in [0.2, 0.25) is 0 Å². The quantitative estimate of drug-likeness (QED) is 0.844. The highest BCUT2D eigenvalue weighted by Gasteiger charge is 2.15. The number of hydrazine groups is 1. The number of nitrogens with one attached hydrogen (secondary N) is 2. The number of hydrogen-bond donors (Lipinski definition) is 2. The molecule has 2 aromatic carbocycles. The van der Waals surface area contributed by atoms with E-state index in [9.17, 15) is 4.79 Å². The average Bonchev–Trinajstić information content (AvgIpc) is 2.90. The molecule has 0 atom stereocenters. The number of hydrogen-bond acceptors (Lipinski definition) is 2. The van der Waals surface area contributed by atoms with Crippen molar-refractivity contribution in [1.82, 2.24) is 10.9 Å². The Kier molecular flexibility index (Phi) is 4.02. The molecule has 3 heteroatoms. The predicted molar refractivity (Wildman–Crippen MR) is 86.7 cm³/mol. The van der Waals surface area contributed by atoms with Crippen molar-refractivity contribution in [2.45, 2.75) is 26.2 Å². The summed E-state index contributed by atoms with van der Waals surface area (Å²) in [5.74, 6) is -0.0356. The Morgan fingerprint density at radius 2 is 2.14 bits per heavy atom. The third-order valence-electron chi connectivity index (χ3n) is 3.90. The molecule has 3 rings (SSSR count). The number of carbonyl (C=O) groups excluding carboxylic acids is 1. The summed E-state index contributed by atoms with van der Waals surface area (Å²) in [6, 6.07) is 12.9. The summed E-state index contributed by atoms with van der Waals surface area (Å²) in [4.78, 5) is 11.6. The molecule has 108 valence electrons. The van der Waals surface area contributed by atoms with E-state index in [0.29, 0.717) is 6.54 Å². The minimum atomic E-state index is -0.0356. The van der Waals surface area contributed by atoms with Gasteiger partial charge in [0, 0.05) is 12.1 Å². The standard InChI is InChI=1S/C18H20N2O/c1-2-3-5-13-8-9-17-14(10-13)6-4-7-15(17)11-16-12-19-20-18(16)21/h4,6-11,19H,2-3,5,12H2,1H3,(H,20,21)/b16-11+. The van der Waals surface area contributed by atoms with Crippen LogP contribution in [0.1, 0.15) is 30.9 Å². The summed E-state index contributed by atoms with van der Waals surface area (Å²) in [5.41, 5.74) is 8.73. The first-order chi connectivity index (χ1) is 10.3. The molecule has 1 aliphatic rings. The normalized spacial score (nSPS) is 16.6. The molecule has 0 unspecified atom stereocenters. The molecule has 3 nitrogen and oxygen atoms in total. The summed E-state index contributed by atoms with van der Waals surface area (Å²) in [5, 5.41) is 2.44. The van der Waals surface area contributed by atoms with Crippen LogP contribution in [0.25, 0.3) is 16.8 Å². The predicted octanol–water partition coefficient (Wildman–Crippen LogP) is 3.20. The van der Waals surface area contributed by atoms with Crippen LogP contribution in [0.15, 0.2) is 42.0 Å². The Morgan fingerprint density at radius 1 is 1.24 bits per heavy atom. The van der Waals surface area contributed by atoms with Gasteiger partial charge in [-0.1, -0.05) is 49.7 Å². The zero-order valence-corrected chi connectivity index (χ0v) is 12.3. The van der Waals surface area contributed by atoms with Crippen LogP contribution >= 0.6 is 0 Å². The molecule has 2 aromatic rings. The summed E-state index contributed by atoms with van der Waals surface area (Å²) in [6.07, 6.45) is 5.54. The van der Waals surface area contributed by atoms with E-state index in [2.05, 4.69) is 54.2 Å². The third kappa shape index (κ3) is 2.98. The molecule has 1 fully saturated rings. The number of rotatable bonds is 4. The van der Waals surface area contributed by atoms with Gasteiger partial charge in [-0.3, -0.25) is 10.2 Å². The van der Waals surface area contributed by atoms with Gasteiger partial charge in [0.1, 0.15) is 0 Å². The van der Waals surface area contributed by atoms with E-state index in [4.69, 9.17) is 0 Å². The SMILES string of the molecule is CCCCc1ccc2c(/C=C3\CNNC3=O)cccc2c1. The average molecular weight is 280 g/mol. The first-order valence-electron chi connectivity index (χ1n) is 7.53. The van der Waals surface area contributed by atoms with Crippen molar-refractivity contribution in [3.63, 3.8) is 0 Å². The maximum atomic E-state index is 11.6. The number of amides is 1. The molecule has 0 aliphatic carbocycles. The van der Waals surface area contributed by atoms with Crippen LogP contribution in [0.4, 0.5) is 0 Å². The second-order valence-corrected chi connectivity index (χ2v) is 5.48. The van der Waals surface area contributed by atoms with E-state index in [1.54, 1.807) is 0 Å². The van der Waals surface area contributed by atoms with Crippen molar-refractivity contribution in [3.8, 4) is 0 Å². The van der Waals surface area contributed by atoms with Gasteiger partial charge in [0.15, 0.2) is 0 Å². The molecule has 2 N–H and O–H groups in total. The molecular formula is C18H20N2O. The molecule has 1 amide bonds. The molecule has 21 heavy (non-hydrogen) atoms. The molecule has 1 heterocycles. The molecule has 0 bridgehead atoms. The molecular weight excluding hydrogens is 260 g/mol. The highest BCUT2D eigenvalue weighted by molar-refractivity contribution is 6.02. The minimum Gasteiger partial charge on any atom is -0.287 e. The monoisotopic (exact) mass is 280 g/mol. The molecule has 0 saturated carbocycles. The Morgan fingerprint density at radius 3 is 2.90 bits per heavy atom. The van der Waals surface area contributed by atoms with Crippen LogP contribution in [-0.2, 0) is 11.2 Å². The second kappa shape index (κ2) is 6.10. The van der Waals surface area contributed by atoms with Crippen molar-refractivity contribution in [1.29, 1.82) is 0 Å². The van der Waals surface area contributed by atoms with Gasteiger partial charge in [-0.05, 0) is 40.8 Å². The fraction of sp³-hybridized carbons (Fsp3) is 0.278. The molecule has 0 spiro atoms. The van der Waals surface area contributed by atoms with Gasteiger partial charge < -0.3 is 0 Å². The molecule has 1 saturated heterocycles. The van der Waals surface area contributed by atoms with Crippen molar-refractivity contribution in [2.24, 2.45) is 0 Å². The first kappa shape index (κ1) is 13.8. The topological polar surface area (TPSA) is 41.1 Å². The van der Waals surface area contributed by atoms with Crippen LogP contribution in [0.2, 0.25) is 0 Å². The minimum absolute atomic E-state index is 0.0356. The molecule has 0 aromatic heterocycles. The van der Waals surface area contributed by atoms with Crippen LogP contribution in [0, 0.1) is 0 Å². The Balaban J connectivity index is 1.98. The third-order valence-corrected chi connectivity index (χ3v) is 3.90. The maximum absolute atomic E-state index is 11.6. The van der Waals surface area contributed by atoms with Gasteiger partial charge in [0.25, 0.3) is 5.91 Å². The van der Waals surface area contributed by atoms with E-state index in [0.717, 1.165) is 17.6 Å². The summed E-state index contributed by atoms with van der Waals surface area (Å²) >= 11 is 0. The molecule has 0 radical (unpaired) electrons. The van der Waals surface area contributed by atoms with E-state index in [-0.39, 0.29) is 5.91 Å². The zero-order chi connectivity index (χ0) is 14.7. The van der Waals surface area contributed by atoms with Crippen LogP contribution < -0.4 is 10.9 Å². The number of benzene rings is 2. The Hall–Kier alpha value is -2.13. The number of aryl methyl sites for hydroxylation is 1. The fourth-order valence-corrected chi connectivity index (χ4v) is 2.71. The lowest BCUT2D eigenvalue weighted by Gasteiger charge is -2.06. The fourth-order valence-electron chi connectivity index (χ4n) is 2.71. The van der Waals surface area contributed by atoms with E-state index < -0.39 is 0 Å². The lowest BCUT2D eigenvalue weighted by molar-refractivity contribution is -0.116. The number of unbranched alkanes of at least 4 members (excludes halogenated alkanes) is 1. The summed E-state index contributed by atoms with van der Waals surface area (Å²) in [7, 11) is 0. The van der Waals surface area contributed by atoms with E-state index >= 15 is 0 Å². The largest absolute Gasteiger partial charge is 0.287 e. The summed E-state index contributed by atoms with van der Waals surface area (Å²) in [6.45, 7) is 2.79. The first-order valence-corrected chi connectivity index (χ1v) is 7.53. The van der Waals surface area contributed by atoms with Crippen LogP contribution in [0.3, 0.4) is 0 Å². The van der Waals surface area contributed by atoms with Gasteiger partial charge >= 0.3 is 0 Å². The maximum Gasteiger partial charge on any atom is 0.262 e. The van der Waals surface area contributed by atoms with Gasteiger partial charge in [0.05, 0.1) is 0 Å².